The van der Waals surface area contributed by atoms with Crippen molar-refractivity contribution in [2.24, 2.45) is 0 Å². The molecule has 0 radical (unpaired) electrons. The van der Waals surface area contributed by atoms with E-state index < -0.39 is 0 Å². The highest BCUT2D eigenvalue weighted by Crippen LogP contribution is 2.31. The van der Waals surface area contributed by atoms with Crippen LogP contribution in [0.4, 0.5) is 0 Å². The third-order valence-electron chi connectivity index (χ3n) is 5.25. The van der Waals surface area contributed by atoms with Gasteiger partial charge < -0.3 is 9.47 Å². The highest BCUT2D eigenvalue weighted by Gasteiger charge is 2.17. The molecule has 1 saturated heterocycles. The number of amides is 1. The van der Waals surface area contributed by atoms with Crippen LogP contribution in [-0.4, -0.2) is 34.2 Å². The van der Waals surface area contributed by atoms with E-state index in [2.05, 4.69) is 66.2 Å². The minimum atomic E-state index is 0.273. The van der Waals surface area contributed by atoms with Gasteiger partial charge in [0.2, 0.25) is 5.91 Å². The molecule has 0 bridgehead atoms. The number of para-hydroxylation sites is 1. The summed E-state index contributed by atoms with van der Waals surface area (Å²) in [5.41, 5.74) is 3.81. The zero-order valence-corrected chi connectivity index (χ0v) is 16.7. The van der Waals surface area contributed by atoms with Crippen molar-refractivity contribution in [3.05, 3.63) is 65.9 Å². The van der Waals surface area contributed by atoms with Crippen molar-refractivity contribution < 1.29 is 4.79 Å². The molecule has 0 N–H and O–H groups in total. The van der Waals surface area contributed by atoms with E-state index >= 15 is 0 Å². The Labute approximate surface area is 165 Å². The molecular formula is C23H26N2OS. The Hall–Kier alpha value is -2.20. The molecule has 1 amide bonds. The molecule has 0 spiro atoms. The van der Waals surface area contributed by atoms with Crippen LogP contribution < -0.4 is 0 Å². The molecular weight excluding hydrogens is 352 g/mol. The maximum Gasteiger partial charge on any atom is 0.232 e. The van der Waals surface area contributed by atoms with Crippen molar-refractivity contribution in [1.82, 2.24) is 9.47 Å². The third-order valence-corrected chi connectivity index (χ3v) is 6.27. The third kappa shape index (κ3) is 4.22. The monoisotopic (exact) mass is 378 g/mol. The molecule has 1 aromatic heterocycles. The summed E-state index contributed by atoms with van der Waals surface area (Å²) >= 11 is 1.67. The lowest BCUT2D eigenvalue weighted by Crippen LogP contribution is -2.36. The molecule has 140 valence electrons. The van der Waals surface area contributed by atoms with Crippen molar-refractivity contribution in [2.45, 2.75) is 37.6 Å². The van der Waals surface area contributed by atoms with Gasteiger partial charge >= 0.3 is 0 Å². The average Bonchev–Trinajstić information content (AvgIpc) is 3.04. The van der Waals surface area contributed by atoms with E-state index in [4.69, 9.17) is 0 Å². The first-order valence-corrected chi connectivity index (χ1v) is 10.7. The average molecular weight is 379 g/mol. The first kappa shape index (κ1) is 18.2. The number of nitrogens with zero attached hydrogens (tertiary/aromatic N) is 2. The number of hydrogen-bond donors (Lipinski definition) is 0. The summed E-state index contributed by atoms with van der Waals surface area (Å²) in [5, 5.41) is 1.24. The second-order valence-corrected chi connectivity index (χ2v) is 8.37. The molecule has 0 saturated carbocycles. The fourth-order valence-corrected chi connectivity index (χ4v) is 4.83. The van der Waals surface area contributed by atoms with Gasteiger partial charge in [-0.15, -0.1) is 11.8 Å². The van der Waals surface area contributed by atoms with E-state index in [1.807, 2.05) is 4.90 Å². The summed E-state index contributed by atoms with van der Waals surface area (Å²) in [6.45, 7) is 4.83. The van der Waals surface area contributed by atoms with Crippen LogP contribution in [0.3, 0.4) is 0 Å². The minimum Gasteiger partial charge on any atom is -0.342 e. The van der Waals surface area contributed by atoms with E-state index in [-0.39, 0.29) is 5.91 Å². The van der Waals surface area contributed by atoms with Crippen molar-refractivity contribution in [2.75, 3.05) is 18.8 Å². The molecule has 3 nitrogen and oxygen atoms in total. The number of likely N-dealkylation sites (tertiary alicyclic amines) is 1. The Bertz CT molecular complexity index is 940. The molecule has 3 aromatic rings. The molecule has 2 heterocycles. The summed E-state index contributed by atoms with van der Waals surface area (Å²) < 4.78 is 2.30. The SMILES string of the molecule is Cc1cccc(Cn2cc(SCC(=O)N3CCCCC3)c3ccccc32)c1. The standard InChI is InChI=1S/C23H26N2OS/c1-18-8-7-9-19(14-18)15-25-16-22(20-10-3-4-11-21(20)25)27-17-23(26)24-12-5-2-6-13-24/h3-4,7-11,14,16H,2,5-6,12-13,15,17H2,1H3. The molecule has 1 aliphatic heterocycles. The van der Waals surface area contributed by atoms with Crippen LogP contribution in [0.5, 0.6) is 0 Å². The molecule has 0 aliphatic carbocycles. The van der Waals surface area contributed by atoms with Crippen molar-refractivity contribution in [1.29, 1.82) is 0 Å². The van der Waals surface area contributed by atoms with Crippen LogP contribution in [-0.2, 0) is 11.3 Å². The molecule has 4 heteroatoms. The number of fused-ring (bicyclic) bond motifs is 1. The van der Waals surface area contributed by atoms with Gasteiger partial charge in [0.15, 0.2) is 0 Å². The van der Waals surface area contributed by atoms with Crippen molar-refractivity contribution in [3.8, 4) is 0 Å². The summed E-state index contributed by atoms with van der Waals surface area (Å²) in [5.74, 6) is 0.800. The predicted molar refractivity (Wildman–Crippen MR) is 113 cm³/mol. The molecule has 2 aromatic carbocycles. The largest absolute Gasteiger partial charge is 0.342 e. The number of benzene rings is 2. The van der Waals surface area contributed by atoms with E-state index in [0.717, 1.165) is 32.5 Å². The first-order valence-electron chi connectivity index (χ1n) is 9.75. The number of carbonyl (C=O) groups is 1. The second kappa shape index (κ2) is 8.22. The van der Waals surface area contributed by atoms with Crippen LogP contribution >= 0.6 is 11.8 Å². The molecule has 0 unspecified atom stereocenters. The summed E-state index contributed by atoms with van der Waals surface area (Å²) in [6, 6.07) is 17.2. The number of hydrogen-bond acceptors (Lipinski definition) is 2. The maximum atomic E-state index is 12.5. The fraction of sp³-hybridized carbons (Fsp3) is 0.348. The number of thioether (sulfide) groups is 1. The predicted octanol–water partition coefficient (Wildman–Crippen LogP) is 5.10. The summed E-state index contributed by atoms with van der Waals surface area (Å²) in [7, 11) is 0. The fourth-order valence-electron chi connectivity index (χ4n) is 3.84. The molecule has 27 heavy (non-hydrogen) atoms. The second-order valence-electron chi connectivity index (χ2n) is 7.36. The van der Waals surface area contributed by atoms with Crippen LogP contribution in [0, 0.1) is 6.92 Å². The van der Waals surface area contributed by atoms with E-state index in [9.17, 15) is 4.79 Å². The van der Waals surface area contributed by atoms with E-state index in [0.29, 0.717) is 5.75 Å². The van der Waals surface area contributed by atoms with Gasteiger partial charge in [-0.1, -0.05) is 48.0 Å². The van der Waals surface area contributed by atoms with Gasteiger partial charge in [0.05, 0.1) is 5.75 Å². The normalized spacial score (nSPS) is 14.6. The Morgan fingerprint density at radius 3 is 2.67 bits per heavy atom. The molecule has 1 fully saturated rings. The highest BCUT2D eigenvalue weighted by atomic mass is 32.2. The zero-order valence-electron chi connectivity index (χ0n) is 15.9. The van der Waals surface area contributed by atoms with Gasteiger partial charge in [-0.2, -0.15) is 0 Å². The summed E-state index contributed by atoms with van der Waals surface area (Å²) in [4.78, 5) is 15.8. The number of piperidine rings is 1. The topological polar surface area (TPSA) is 25.2 Å². The molecule has 4 rings (SSSR count). The van der Waals surface area contributed by atoms with Gasteiger partial charge in [-0.25, -0.2) is 0 Å². The van der Waals surface area contributed by atoms with Gasteiger partial charge in [-0.3, -0.25) is 4.79 Å². The number of rotatable bonds is 5. The van der Waals surface area contributed by atoms with Gasteiger partial charge in [-0.05, 0) is 37.8 Å². The lowest BCUT2D eigenvalue weighted by molar-refractivity contribution is -0.129. The lowest BCUT2D eigenvalue weighted by Gasteiger charge is -2.26. The van der Waals surface area contributed by atoms with Crippen LogP contribution in [0.15, 0.2) is 59.6 Å². The quantitative estimate of drug-likeness (QED) is 0.577. The van der Waals surface area contributed by atoms with Crippen LogP contribution in [0.1, 0.15) is 30.4 Å². The number of aryl methyl sites for hydroxylation is 1. The molecule has 1 aliphatic rings. The Balaban J connectivity index is 1.53. The first-order chi connectivity index (χ1) is 13.2. The van der Waals surface area contributed by atoms with Crippen LogP contribution in [0.25, 0.3) is 10.9 Å². The van der Waals surface area contributed by atoms with Gasteiger partial charge in [0, 0.05) is 41.6 Å². The smallest absolute Gasteiger partial charge is 0.232 e. The van der Waals surface area contributed by atoms with Crippen molar-refractivity contribution >= 4 is 28.6 Å². The minimum absolute atomic E-state index is 0.273. The van der Waals surface area contributed by atoms with E-state index in [1.165, 1.54) is 33.3 Å². The zero-order chi connectivity index (χ0) is 18.6. The molecule has 0 atom stereocenters. The van der Waals surface area contributed by atoms with Gasteiger partial charge in [0.25, 0.3) is 0 Å². The Kier molecular flexibility index (Phi) is 5.53. The number of aromatic nitrogens is 1. The van der Waals surface area contributed by atoms with E-state index in [1.54, 1.807) is 11.8 Å². The highest BCUT2D eigenvalue weighted by molar-refractivity contribution is 8.00. The lowest BCUT2D eigenvalue weighted by atomic mass is 10.1. The number of carbonyl (C=O) groups excluding carboxylic acids is 1. The maximum absolute atomic E-state index is 12.5. The Morgan fingerprint density at radius 2 is 1.85 bits per heavy atom. The summed E-state index contributed by atoms with van der Waals surface area (Å²) in [6.07, 6.45) is 5.75. The van der Waals surface area contributed by atoms with Crippen molar-refractivity contribution in [3.63, 3.8) is 0 Å². The van der Waals surface area contributed by atoms with Gasteiger partial charge in [0.1, 0.15) is 0 Å². The Morgan fingerprint density at radius 1 is 1.04 bits per heavy atom. The van der Waals surface area contributed by atoms with Crippen LogP contribution in [0.2, 0.25) is 0 Å².